The molecule has 2 nitrogen and oxygen atoms in total. The lowest BCUT2D eigenvalue weighted by Gasteiger charge is -1.99. The Morgan fingerprint density at radius 2 is 1.69 bits per heavy atom. The van der Waals surface area contributed by atoms with Gasteiger partial charge in [0.25, 0.3) is 0 Å². The fourth-order valence-corrected chi connectivity index (χ4v) is 1.19. The van der Waals surface area contributed by atoms with Crippen LogP contribution in [0.4, 0.5) is 0 Å². The second kappa shape index (κ2) is 4.14. The molecule has 1 aliphatic rings. The van der Waals surface area contributed by atoms with E-state index in [0.29, 0.717) is 5.75 Å². The number of hydrogen-bond acceptors (Lipinski definition) is 2. The molecule has 0 fully saturated rings. The summed E-state index contributed by atoms with van der Waals surface area (Å²) in [4.78, 5) is 0. The van der Waals surface area contributed by atoms with E-state index < -0.39 is 0 Å². The van der Waals surface area contributed by atoms with Crippen LogP contribution in [-0.4, -0.2) is 5.11 Å². The van der Waals surface area contributed by atoms with Gasteiger partial charge in [-0.25, -0.2) is 0 Å². The molecule has 68 valence electrons. The van der Waals surface area contributed by atoms with Crippen molar-refractivity contribution >= 4 is 29.1 Å². The van der Waals surface area contributed by atoms with E-state index in [2.05, 4.69) is 5.32 Å². The summed E-state index contributed by atoms with van der Waals surface area (Å²) < 4.78 is 0. The van der Waals surface area contributed by atoms with E-state index in [-0.39, 0.29) is 17.0 Å². The maximum Gasteiger partial charge on any atom is 0.116 e. The molecule has 3 heteroatoms. The Balaban J connectivity index is 0.000000845. The van der Waals surface area contributed by atoms with Crippen LogP contribution in [0.3, 0.4) is 0 Å². The summed E-state index contributed by atoms with van der Waals surface area (Å²) in [5.41, 5.74) is 2.13. The monoisotopic (exact) mass is 239 g/mol. The maximum absolute atomic E-state index is 9.20. The smallest absolute Gasteiger partial charge is 0.116 e. The van der Waals surface area contributed by atoms with Gasteiger partial charge in [0.05, 0.1) is 0 Å². The van der Waals surface area contributed by atoms with E-state index in [9.17, 15) is 5.11 Å². The van der Waals surface area contributed by atoms with E-state index in [1.165, 1.54) is 0 Å². The molecule has 0 saturated carbocycles. The van der Waals surface area contributed by atoms with E-state index >= 15 is 0 Å². The molecule has 13 heavy (non-hydrogen) atoms. The first-order valence-electron chi connectivity index (χ1n) is 3.78. The molecule has 0 unspecified atom stereocenters. The lowest BCUT2D eigenvalue weighted by Crippen LogP contribution is -1.86. The number of phenols is 1. The minimum absolute atomic E-state index is 0. The van der Waals surface area contributed by atoms with Crippen molar-refractivity contribution < 1.29 is 5.11 Å². The first kappa shape index (κ1) is 9.86. The standard InChI is InChI=1S/C10H9NO.BrH/c12-10-2-1-8-3-5-11-6-4-9(8)7-10;/h1-7,11-12H;1H. The van der Waals surface area contributed by atoms with Gasteiger partial charge in [0.15, 0.2) is 0 Å². The fraction of sp³-hybridized carbons (Fsp3) is 0. The van der Waals surface area contributed by atoms with Gasteiger partial charge in [0, 0.05) is 12.4 Å². The average molecular weight is 240 g/mol. The lowest BCUT2D eigenvalue weighted by atomic mass is 10.1. The highest BCUT2D eigenvalue weighted by molar-refractivity contribution is 8.93. The molecule has 2 N–H and O–H groups in total. The third-order valence-corrected chi connectivity index (χ3v) is 1.79. The molecule has 1 aromatic carbocycles. The molecule has 0 bridgehead atoms. The van der Waals surface area contributed by atoms with Crippen molar-refractivity contribution in [3.8, 4) is 5.75 Å². The largest absolute Gasteiger partial charge is 0.508 e. The normalized spacial score (nSPS) is 12.3. The Morgan fingerprint density at radius 1 is 1.00 bits per heavy atom. The SMILES string of the molecule is Br.Oc1ccc2c(c1)C=CNC=C2. The molecule has 0 radical (unpaired) electrons. The lowest BCUT2D eigenvalue weighted by molar-refractivity contribution is 0.475. The number of fused-ring (bicyclic) bond motifs is 1. The summed E-state index contributed by atoms with van der Waals surface area (Å²) >= 11 is 0. The van der Waals surface area contributed by atoms with E-state index in [0.717, 1.165) is 11.1 Å². The molecule has 1 heterocycles. The fourth-order valence-electron chi connectivity index (χ4n) is 1.19. The molecule has 1 aromatic rings. The zero-order valence-corrected chi connectivity index (χ0v) is 8.61. The van der Waals surface area contributed by atoms with Crippen molar-refractivity contribution in [1.29, 1.82) is 0 Å². The van der Waals surface area contributed by atoms with Crippen molar-refractivity contribution in [2.24, 2.45) is 0 Å². The quantitative estimate of drug-likeness (QED) is 0.730. The number of nitrogens with one attached hydrogen (secondary N) is 1. The predicted octanol–water partition coefficient (Wildman–Crippen LogP) is 2.51. The van der Waals surface area contributed by atoms with Gasteiger partial charge in [0.1, 0.15) is 5.75 Å². The highest BCUT2D eigenvalue weighted by Gasteiger charge is 1.98. The molecule has 0 spiro atoms. The van der Waals surface area contributed by atoms with Crippen molar-refractivity contribution in [2.45, 2.75) is 0 Å². The Hall–Kier alpha value is -1.22. The summed E-state index contributed by atoms with van der Waals surface area (Å²) in [5, 5.41) is 12.2. The highest BCUT2D eigenvalue weighted by Crippen LogP contribution is 2.19. The van der Waals surface area contributed by atoms with Gasteiger partial charge in [-0.3, -0.25) is 0 Å². The number of phenolic OH excluding ortho intramolecular Hbond substituents is 1. The van der Waals surface area contributed by atoms with Crippen LogP contribution in [0.2, 0.25) is 0 Å². The predicted molar refractivity (Wildman–Crippen MR) is 59.6 cm³/mol. The van der Waals surface area contributed by atoms with Crippen LogP contribution in [-0.2, 0) is 0 Å². The third kappa shape index (κ3) is 2.12. The van der Waals surface area contributed by atoms with E-state index in [4.69, 9.17) is 0 Å². The summed E-state index contributed by atoms with van der Waals surface area (Å²) in [6, 6.07) is 5.31. The minimum atomic E-state index is 0. The summed E-state index contributed by atoms with van der Waals surface area (Å²) in [6.07, 6.45) is 7.59. The number of hydrogen-bond donors (Lipinski definition) is 2. The van der Waals surface area contributed by atoms with Crippen LogP contribution >= 0.6 is 17.0 Å². The second-order valence-electron chi connectivity index (χ2n) is 2.65. The van der Waals surface area contributed by atoms with Crippen molar-refractivity contribution in [1.82, 2.24) is 5.32 Å². The van der Waals surface area contributed by atoms with Gasteiger partial charge in [-0.05, 0) is 35.4 Å². The van der Waals surface area contributed by atoms with Crippen molar-refractivity contribution in [2.75, 3.05) is 0 Å². The minimum Gasteiger partial charge on any atom is -0.508 e. The molecule has 0 atom stereocenters. The first-order valence-corrected chi connectivity index (χ1v) is 3.78. The Labute approximate surface area is 87.4 Å². The van der Waals surface area contributed by atoms with Gasteiger partial charge in [-0.2, -0.15) is 0 Å². The molecular formula is C10H10BrNO. The molecule has 1 aliphatic heterocycles. The van der Waals surface area contributed by atoms with Gasteiger partial charge in [0.2, 0.25) is 0 Å². The zero-order chi connectivity index (χ0) is 8.39. The molecule has 0 aliphatic carbocycles. The van der Waals surface area contributed by atoms with E-state index in [1.807, 2.05) is 30.6 Å². The van der Waals surface area contributed by atoms with Gasteiger partial charge >= 0.3 is 0 Å². The Kier molecular flexibility index (Phi) is 3.14. The number of rotatable bonds is 0. The number of aromatic hydroxyl groups is 1. The van der Waals surface area contributed by atoms with Crippen molar-refractivity contribution in [3.05, 3.63) is 41.7 Å². The molecular weight excluding hydrogens is 230 g/mol. The topological polar surface area (TPSA) is 32.3 Å². The van der Waals surface area contributed by atoms with Crippen molar-refractivity contribution in [3.63, 3.8) is 0 Å². The van der Waals surface area contributed by atoms with E-state index in [1.54, 1.807) is 12.1 Å². The van der Waals surface area contributed by atoms with Crippen LogP contribution in [0.25, 0.3) is 12.2 Å². The van der Waals surface area contributed by atoms with Gasteiger partial charge in [-0.15, -0.1) is 17.0 Å². The zero-order valence-electron chi connectivity index (χ0n) is 6.90. The van der Waals surface area contributed by atoms with Gasteiger partial charge in [-0.1, -0.05) is 6.07 Å². The number of halogens is 1. The second-order valence-corrected chi connectivity index (χ2v) is 2.65. The molecule has 0 saturated heterocycles. The molecule has 0 amide bonds. The molecule has 0 aromatic heterocycles. The summed E-state index contributed by atoms with van der Waals surface area (Å²) in [7, 11) is 0. The Bertz CT molecular complexity index is 358. The van der Waals surface area contributed by atoms with Crippen LogP contribution in [0.15, 0.2) is 30.6 Å². The summed E-state index contributed by atoms with van der Waals surface area (Å²) in [5.74, 6) is 0.300. The summed E-state index contributed by atoms with van der Waals surface area (Å²) in [6.45, 7) is 0. The molecule has 2 rings (SSSR count). The van der Waals surface area contributed by atoms with Crippen LogP contribution in [0.5, 0.6) is 5.75 Å². The first-order chi connectivity index (χ1) is 5.86. The van der Waals surface area contributed by atoms with Gasteiger partial charge < -0.3 is 10.4 Å². The number of benzene rings is 1. The van der Waals surface area contributed by atoms with Crippen LogP contribution < -0.4 is 5.32 Å². The highest BCUT2D eigenvalue weighted by atomic mass is 79.9. The average Bonchev–Trinajstić information content (AvgIpc) is 2.28. The van der Waals surface area contributed by atoms with Crippen LogP contribution in [0.1, 0.15) is 11.1 Å². The maximum atomic E-state index is 9.20. The Morgan fingerprint density at radius 3 is 2.46 bits per heavy atom. The van der Waals surface area contributed by atoms with Crippen LogP contribution in [0, 0.1) is 0 Å². The third-order valence-electron chi connectivity index (χ3n) is 1.79.